The molecule has 0 aliphatic heterocycles. The minimum atomic E-state index is -0.134. The van der Waals surface area contributed by atoms with E-state index in [0.29, 0.717) is 13.0 Å². The monoisotopic (exact) mass is 258 g/mol. The fourth-order valence-electron chi connectivity index (χ4n) is 1.91. The van der Waals surface area contributed by atoms with Gasteiger partial charge in [0, 0.05) is 6.42 Å². The Kier molecular flexibility index (Phi) is 4.75. The summed E-state index contributed by atoms with van der Waals surface area (Å²) in [6.07, 6.45) is 2.05. The van der Waals surface area contributed by atoms with Crippen LogP contribution in [0.3, 0.4) is 0 Å². The standard InChI is InChI=1S/C15H18N2O2/c16-17-15(18)7-3-4-10-19-14-9-8-12-5-1-2-6-13(12)11-14/h1-2,5-6,8-9,11H,3-4,7,10,16H2,(H,17,18). The highest BCUT2D eigenvalue weighted by Gasteiger charge is 1.99. The maximum atomic E-state index is 10.9. The highest BCUT2D eigenvalue weighted by Crippen LogP contribution is 2.20. The van der Waals surface area contributed by atoms with Crippen molar-refractivity contribution in [1.29, 1.82) is 0 Å². The van der Waals surface area contributed by atoms with Gasteiger partial charge in [0.15, 0.2) is 0 Å². The summed E-state index contributed by atoms with van der Waals surface area (Å²) in [5.74, 6) is 5.73. The zero-order valence-corrected chi connectivity index (χ0v) is 10.8. The molecule has 0 bridgehead atoms. The average molecular weight is 258 g/mol. The normalized spacial score (nSPS) is 10.4. The van der Waals surface area contributed by atoms with E-state index in [1.54, 1.807) is 0 Å². The number of fused-ring (bicyclic) bond motifs is 1. The number of carbonyl (C=O) groups is 1. The van der Waals surface area contributed by atoms with Crippen LogP contribution in [0.4, 0.5) is 0 Å². The summed E-state index contributed by atoms with van der Waals surface area (Å²) in [4.78, 5) is 10.9. The molecular weight excluding hydrogens is 240 g/mol. The Balaban J connectivity index is 1.80. The van der Waals surface area contributed by atoms with Crippen LogP contribution < -0.4 is 16.0 Å². The van der Waals surface area contributed by atoms with Crippen molar-refractivity contribution in [2.45, 2.75) is 19.3 Å². The zero-order chi connectivity index (χ0) is 13.5. The van der Waals surface area contributed by atoms with Gasteiger partial charge < -0.3 is 4.74 Å². The zero-order valence-electron chi connectivity index (χ0n) is 10.8. The second kappa shape index (κ2) is 6.75. The number of ether oxygens (including phenoxy) is 1. The summed E-state index contributed by atoms with van der Waals surface area (Å²) in [5.41, 5.74) is 2.11. The Hall–Kier alpha value is -2.07. The Morgan fingerprint density at radius 2 is 1.89 bits per heavy atom. The van der Waals surface area contributed by atoms with E-state index < -0.39 is 0 Å². The Morgan fingerprint density at radius 3 is 2.68 bits per heavy atom. The van der Waals surface area contributed by atoms with Gasteiger partial charge in [-0.15, -0.1) is 0 Å². The number of amides is 1. The predicted molar refractivity (Wildman–Crippen MR) is 75.6 cm³/mol. The first-order valence-corrected chi connectivity index (χ1v) is 6.40. The van der Waals surface area contributed by atoms with Crippen molar-refractivity contribution in [2.75, 3.05) is 6.61 Å². The molecule has 19 heavy (non-hydrogen) atoms. The van der Waals surface area contributed by atoms with Crippen LogP contribution >= 0.6 is 0 Å². The molecule has 100 valence electrons. The van der Waals surface area contributed by atoms with E-state index >= 15 is 0 Å². The number of hydrazine groups is 1. The average Bonchev–Trinajstić information content (AvgIpc) is 2.46. The number of hydrogen-bond donors (Lipinski definition) is 2. The second-order valence-corrected chi connectivity index (χ2v) is 4.38. The van der Waals surface area contributed by atoms with Crippen LogP contribution in [0.15, 0.2) is 42.5 Å². The van der Waals surface area contributed by atoms with Gasteiger partial charge >= 0.3 is 0 Å². The van der Waals surface area contributed by atoms with Crippen LogP contribution in [0.1, 0.15) is 19.3 Å². The maximum Gasteiger partial charge on any atom is 0.233 e. The van der Waals surface area contributed by atoms with E-state index in [4.69, 9.17) is 10.6 Å². The second-order valence-electron chi connectivity index (χ2n) is 4.38. The first-order chi connectivity index (χ1) is 9.29. The molecule has 0 heterocycles. The molecule has 4 nitrogen and oxygen atoms in total. The van der Waals surface area contributed by atoms with Crippen molar-refractivity contribution in [1.82, 2.24) is 5.43 Å². The highest BCUT2D eigenvalue weighted by molar-refractivity contribution is 5.83. The molecule has 2 aromatic rings. The molecule has 0 fully saturated rings. The van der Waals surface area contributed by atoms with E-state index in [1.807, 2.05) is 30.3 Å². The molecule has 3 N–H and O–H groups in total. The third-order valence-electron chi connectivity index (χ3n) is 2.95. The minimum Gasteiger partial charge on any atom is -0.494 e. The van der Waals surface area contributed by atoms with Crippen LogP contribution in [0.5, 0.6) is 5.75 Å². The molecule has 0 atom stereocenters. The summed E-state index contributed by atoms with van der Waals surface area (Å²) >= 11 is 0. The van der Waals surface area contributed by atoms with Gasteiger partial charge in [0.1, 0.15) is 5.75 Å². The lowest BCUT2D eigenvalue weighted by molar-refractivity contribution is -0.121. The predicted octanol–water partition coefficient (Wildman–Crippen LogP) is 2.38. The van der Waals surface area contributed by atoms with Gasteiger partial charge in [0.2, 0.25) is 5.91 Å². The smallest absolute Gasteiger partial charge is 0.233 e. The van der Waals surface area contributed by atoms with Gasteiger partial charge in [-0.25, -0.2) is 5.84 Å². The first kappa shape index (κ1) is 13.4. The van der Waals surface area contributed by atoms with E-state index in [-0.39, 0.29) is 5.91 Å². The summed E-state index contributed by atoms with van der Waals surface area (Å²) in [5, 5.41) is 2.37. The third kappa shape index (κ3) is 3.96. The maximum absolute atomic E-state index is 10.9. The fourth-order valence-corrected chi connectivity index (χ4v) is 1.91. The Labute approximate surface area is 112 Å². The molecular formula is C15H18N2O2. The van der Waals surface area contributed by atoms with Gasteiger partial charge in [-0.2, -0.15) is 0 Å². The highest BCUT2D eigenvalue weighted by atomic mass is 16.5. The Bertz CT molecular complexity index is 555. The largest absolute Gasteiger partial charge is 0.494 e. The number of hydrogen-bond acceptors (Lipinski definition) is 3. The lowest BCUT2D eigenvalue weighted by Crippen LogP contribution is -2.29. The van der Waals surface area contributed by atoms with Gasteiger partial charge in [0.25, 0.3) is 0 Å². The number of nitrogens with one attached hydrogen (secondary N) is 1. The van der Waals surface area contributed by atoms with Crippen LogP contribution in [0.2, 0.25) is 0 Å². The van der Waals surface area contributed by atoms with E-state index in [1.165, 1.54) is 10.8 Å². The molecule has 1 amide bonds. The molecule has 2 aromatic carbocycles. The molecule has 0 saturated heterocycles. The lowest BCUT2D eigenvalue weighted by Gasteiger charge is -2.07. The number of nitrogens with two attached hydrogens (primary N) is 1. The molecule has 0 unspecified atom stereocenters. The SMILES string of the molecule is NNC(=O)CCCCOc1ccc2ccccc2c1. The van der Waals surface area contributed by atoms with Crippen molar-refractivity contribution >= 4 is 16.7 Å². The van der Waals surface area contributed by atoms with E-state index in [0.717, 1.165) is 18.6 Å². The van der Waals surface area contributed by atoms with Crippen molar-refractivity contribution in [2.24, 2.45) is 5.84 Å². The summed E-state index contributed by atoms with van der Waals surface area (Å²) in [7, 11) is 0. The molecule has 0 radical (unpaired) electrons. The summed E-state index contributed by atoms with van der Waals surface area (Å²) < 4.78 is 5.67. The molecule has 0 aliphatic carbocycles. The fraction of sp³-hybridized carbons (Fsp3) is 0.267. The van der Waals surface area contributed by atoms with Crippen LogP contribution in [0, 0.1) is 0 Å². The van der Waals surface area contributed by atoms with Gasteiger partial charge in [-0.05, 0) is 35.7 Å². The van der Waals surface area contributed by atoms with Gasteiger partial charge in [0.05, 0.1) is 6.61 Å². The summed E-state index contributed by atoms with van der Waals surface area (Å²) in [6, 6.07) is 14.2. The Morgan fingerprint density at radius 1 is 1.11 bits per heavy atom. The number of rotatable bonds is 6. The van der Waals surface area contributed by atoms with Crippen molar-refractivity contribution < 1.29 is 9.53 Å². The van der Waals surface area contributed by atoms with Crippen LogP contribution in [0.25, 0.3) is 10.8 Å². The summed E-state index contributed by atoms with van der Waals surface area (Å²) in [6.45, 7) is 0.607. The quantitative estimate of drug-likeness (QED) is 0.362. The molecule has 0 saturated carbocycles. The van der Waals surface area contributed by atoms with Gasteiger partial charge in [-0.3, -0.25) is 10.2 Å². The van der Waals surface area contributed by atoms with E-state index in [9.17, 15) is 4.79 Å². The molecule has 2 rings (SSSR count). The lowest BCUT2D eigenvalue weighted by atomic mass is 10.1. The van der Waals surface area contributed by atoms with Crippen LogP contribution in [-0.2, 0) is 4.79 Å². The van der Waals surface area contributed by atoms with Crippen molar-refractivity contribution in [3.63, 3.8) is 0 Å². The first-order valence-electron chi connectivity index (χ1n) is 6.40. The number of benzene rings is 2. The molecule has 0 spiro atoms. The van der Waals surface area contributed by atoms with Crippen molar-refractivity contribution in [3.05, 3.63) is 42.5 Å². The van der Waals surface area contributed by atoms with Gasteiger partial charge in [-0.1, -0.05) is 30.3 Å². The molecule has 0 aromatic heterocycles. The van der Waals surface area contributed by atoms with Crippen LogP contribution in [-0.4, -0.2) is 12.5 Å². The number of carbonyl (C=O) groups excluding carboxylic acids is 1. The third-order valence-corrected chi connectivity index (χ3v) is 2.95. The molecule has 0 aliphatic rings. The minimum absolute atomic E-state index is 0.134. The van der Waals surface area contributed by atoms with Crippen molar-refractivity contribution in [3.8, 4) is 5.75 Å². The van der Waals surface area contributed by atoms with E-state index in [2.05, 4.69) is 17.6 Å². The molecule has 4 heteroatoms. The number of unbranched alkanes of at least 4 members (excludes halogenated alkanes) is 1. The topological polar surface area (TPSA) is 64.3 Å².